The molecule has 0 saturated carbocycles. The Kier molecular flexibility index (Phi) is 9.36. The van der Waals surface area contributed by atoms with E-state index >= 15 is 0 Å². The van der Waals surface area contributed by atoms with Gasteiger partial charge in [-0.2, -0.15) is 0 Å². The fourth-order valence-electron chi connectivity index (χ4n) is 3.24. The van der Waals surface area contributed by atoms with Crippen molar-refractivity contribution in [1.82, 2.24) is 9.80 Å². The number of rotatable bonds is 7. The van der Waals surface area contributed by atoms with E-state index in [1.165, 1.54) is 0 Å². The zero-order valence-corrected chi connectivity index (χ0v) is 16.6. The van der Waals surface area contributed by atoms with Gasteiger partial charge in [0.2, 0.25) is 0 Å². The van der Waals surface area contributed by atoms with E-state index in [1.54, 1.807) is 0 Å². The lowest BCUT2D eigenvalue weighted by atomic mass is 10.1. The highest BCUT2D eigenvalue weighted by atomic mass is 16.5. The standard InChI is InChI=1S/C20H26N2O4.CH2O2/c1-21(8-10-23)13-18-14-25-11-9-22(18)20(24)15-26-19-7-6-16-4-2-3-5-17(16)12-19;2-1-3/h2-7,12,18,23H,8-11,13-15H2,1H3;1H,(H,2,3). The number of benzene rings is 2. The zero-order chi connectivity index (χ0) is 21.1. The summed E-state index contributed by atoms with van der Waals surface area (Å²) in [7, 11) is 1.93. The second-order valence-electron chi connectivity index (χ2n) is 6.70. The van der Waals surface area contributed by atoms with Crippen LogP contribution in [0.2, 0.25) is 0 Å². The number of likely N-dealkylation sites (N-methyl/N-ethyl adjacent to an activating group) is 1. The molecule has 0 spiro atoms. The second kappa shape index (κ2) is 12.0. The lowest BCUT2D eigenvalue weighted by molar-refractivity contribution is -0.142. The van der Waals surface area contributed by atoms with Crippen molar-refractivity contribution in [3.8, 4) is 5.75 Å². The maximum Gasteiger partial charge on any atom is 0.290 e. The molecule has 3 rings (SSSR count). The minimum absolute atomic E-state index is 0.0125. The molecule has 8 nitrogen and oxygen atoms in total. The summed E-state index contributed by atoms with van der Waals surface area (Å²) in [5.74, 6) is 0.656. The summed E-state index contributed by atoms with van der Waals surface area (Å²) in [6.07, 6.45) is 0. The van der Waals surface area contributed by atoms with Gasteiger partial charge in [-0.25, -0.2) is 0 Å². The number of carbonyl (C=O) groups is 2. The van der Waals surface area contributed by atoms with Crippen molar-refractivity contribution in [3.63, 3.8) is 0 Å². The van der Waals surface area contributed by atoms with Gasteiger partial charge in [0.1, 0.15) is 5.75 Å². The molecule has 0 aliphatic carbocycles. The van der Waals surface area contributed by atoms with Crippen LogP contribution in [0.1, 0.15) is 0 Å². The highest BCUT2D eigenvalue weighted by molar-refractivity contribution is 5.84. The van der Waals surface area contributed by atoms with Crippen LogP contribution in [0.25, 0.3) is 10.8 Å². The molecule has 0 bridgehead atoms. The average Bonchev–Trinajstić information content (AvgIpc) is 2.73. The summed E-state index contributed by atoms with van der Waals surface area (Å²) in [4.78, 5) is 24.9. The molecule has 1 amide bonds. The summed E-state index contributed by atoms with van der Waals surface area (Å²) in [5, 5.41) is 18.2. The number of amides is 1. The van der Waals surface area contributed by atoms with Crippen molar-refractivity contribution < 1.29 is 29.3 Å². The first kappa shape index (κ1) is 22.6. The smallest absolute Gasteiger partial charge is 0.290 e. The van der Waals surface area contributed by atoms with Crippen molar-refractivity contribution >= 4 is 23.2 Å². The predicted molar refractivity (Wildman–Crippen MR) is 109 cm³/mol. The first-order valence-corrected chi connectivity index (χ1v) is 9.45. The van der Waals surface area contributed by atoms with Gasteiger partial charge in [-0.15, -0.1) is 0 Å². The summed E-state index contributed by atoms with van der Waals surface area (Å²) < 4.78 is 11.3. The van der Waals surface area contributed by atoms with Gasteiger partial charge in [0.05, 0.1) is 25.9 Å². The topological polar surface area (TPSA) is 99.5 Å². The Morgan fingerprint density at radius 1 is 1.31 bits per heavy atom. The van der Waals surface area contributed by atoms with Gasteiger partial charge in [0.25, 0.3) is 12.4 Å². The van der Waals surface area contributed by atoms with Crippen LogP contribution in [0.15, 0.2) is 42.5 Å². The number of carboxylic acid groups (broad SMARTS) is 1. The Balaban J connectivity index is 0.000000941. The molecule has 1 aliphatic rings. The maximum atomic E-state index is 12.7. The third-order valence-corrected chi connectivity index (χ3v) is 4.64. The first-order chi connectivity index (χ1) is 14.1. The fourth-order valence-corrected chi connectivity index (χ4v) is 3.24. The highest BCUT2D eigenvalue weighted by Gasteiger charge is 2.28. The van der Waals surface area contributed by atoms with E-state index < -0.39 is 0 Å². The number of nitrogens with zero attached hydrogens (tertiary/aromatic N) is 2. The second-order valence-corrected chi connectivity index (χ2v) is 6.70. The van der Waals surface area contributed by atoms with Gasteiger partial charge in [-0.1, -0.05) is 30.3 Å². The first-order valence-electron chi connectivity index (χ1n) is 9.45. The Morgan fingerprint density at radius 3 is 2.76 bits per heavy atom. The number of ether oxygens (including phenoxy) is 2. The van der Waals surface area contributed by atoms with E-state index in [1.807, 2.05) is 59.3 Å². The third kappa shape index (κ3) is 7.01. The highest BCUT2D eigenvalue weighted by Crippen LogP contribution is 2.20. The molecule has 1 atom stereocenters. The van der Waals surface area contributed by atoms with Crippen molar-refractivity contribution in [2.24, 2.45) is 0 Å². The molecule has 1 saturated heterocycles. The fraction of sp³-hybridized carbons (Fsp3) is 0.429. The quantitative estimate of drug-likeness (QED) is 0.666. The molecule has 2 aromatic carbocycles. The van der Waals surface area contributed by atoms with Gasteiger partial charge in [-0.05, 0) is 30.0 Å². The third-order valence-electron chi connectivity index (χ3n) is 4.64. The van der Waals surface area contributed by atoms with Crippen molar-refractivity contribution in [3.05, 3.63) is 42.5 Å². The van der Waals surface area contributed by atoms with Crippen LogP contribution in [-0.4, -0.2) is 91.5 Å². The van der Waals surface area contributed by atoms with E-state index in [9.17, 15) is 4.79 Å². The van der Waals surface area contributed by atoms with E-state index in [-0.39, 0.29) is 31.6 Å². The molecule has 2 aromatic rings. The van der Waals surface area contributed by atoms with Gasteiger partial charge >= 0.3 is 0 Å². The SMILES string of the molecule is CN(CCO)CC1COCCN1C(=O)COc1ccc2ccccc2c1.O=CO. The molecule has 158 valence electrons. The van der Waals surface area contributed by atoms with E-state index in [4.69, 9.17) is 24.5 Å². The Labute approximate surface area is 170 Å². The average molecular weight is 404 g/mol. The van der Waals surface area contributed by atoms with Crippen LogP contribution in [-0.2, 0) is 14.3 Å². The number of aliphatic hydroxyl groups is 1. The van der Waals surface area contributed by atoms with Crippen molar-refractivity contribution in [2.75, 3.05) is 53.1 Å². The molecule has 8 heteroatoms. The summed E-state index contributed by atoms with van der Waals surface area (Å²) in [6, 6.07) is 13.9. The van der Waals surface area contributed by atoms with Crippen LogP contribution >= 0.6 is 0 Å². The van der Waals surface area contributed by atoms with Gasteiger partial charge in [0, 0.05) is 19.6 Å². The van der Waals surface area contributed by atoms with Crippen LogP contribution in [0.5, 0.6) is 5.75 Å². The summed E-state index contributed by atoms with van der Waals surface area (Å²) >= 11 is 0. The lowest BCUT2D eigenvalue weighted by Crippen LogP contribution is -2.54. The molecule has 29 heavy (non-hydrogen) atoms. The van der Waals surface area contributed by atoms with Gasteiger partial charge in [0.15, 0.2) is 6.61 Å². The predicted octanol–water partition coefficient (Wildman–Crippen LogP) is 1.07. The van der Waals surface area contributed by atoms with Gasteiger partial charge < -0.3 is 29.5 Å². The molecule has 0 aromatic heterocycles. The van der Waals surface area contributed by atoms with Gasteiger partial charge in [-0.3, -0.25) is 9.59 Å². The number of hydrogen-bond donors (Lipinski definition) is 2. The molecule has 1 fully saturated rings. The molecule has 1 unspecified atom stereocenters. The van der Waals surface area contributed by atoms with Crippen LogP contribution in [0.3, 0.4) is 0 Å². The maximum absolute atomic E-state index is 12.7. The largest absolute Gasteiger partial charge is 0.484 e. The molecule has 0 radical (unpaired) electrons. The summed E-state index contributed by atoms with van der Waals surface area (Å²) in [6.45, 7) is 2.73. The van der Waals surface area contributed by atoms with Crippen molar-refractivity contribution in [1.29, 1.82) is 0 Å². The minimum atomic E-state index is -0.250. The number of aliphatic hydroxyl groups excluding tert-OH is 1. The lowest BCUT2D eigenvalue weighted by Gasteiger charge is -2.37. The van der Waals surface area contributed by atoms with Crippen LogP contribution in [0, 0.1) is 0 Å². The molecular formula is C21H28N2O6. The summed E-state index contributed by atoms with van der Waals surface area (Å²) in [5.41, 5.74) is 0. The molecule has 1 aliphatic heterocycles. The Morgan fingerprint density at radius 2 is 2.03 bits per heavy atom. The number of hydrogen-bond acceptors (Lipinski definition) is 6. The minimum Gasteiger partial charge on any atom is -0.484 e. The van der Waals surface area contributed by atoms with Crippen LogP contribution in [0.4, 0.5) is 0 Å². The number of morpholine rings is 1. The van der Waals surface area contributed by atoms with Crippen molar-refractivity contribution in [2.45, 2.75) is 6.04 Å². The number of carbonyl (C=O) groups excluding carboxylic acids is 1. The normalized spacial score (nSPS) is 16.2. The zero-order valence-electron chi connectivity index (χ0n) is 16.6. The monoisotopic (exact) mass is 404 g/mol. The molecule has 1 heterocycles. The van der Waals surface area contributed by atoms with E-state index in [0.717, 1.165) is 10.8 Å². The van der Waals surface area contributed by atoms with E-state index in [0.29, 0.717) is 38.6 Å². The number of fused-ring (bicyclic) bond motifs is 1. The molecular weight excluding hydrogens is 376 g/mol. The van der Waals surface area contributed by atoms with Crippen LogP contribution < -0.4 is 4.74 Å². The molecule has 2 N–H and O–H groups in total. The van der Waals surface area contributed by atoms with E-state index in [2.05, 4.69) is 0 Å². The Bertz CT molecular complexity index is 785. The Hall–Kier alpha value is -2.68.